The van der Waals surface area contributed by atoms with Gasteiger partial charge in [0.05, 0.1) is 11.0 Å². The van der Waals surface area contributed by atoms with Crippen LogP contribution in [0.5, 0.6) is 0 Å². The van der Waals surface area contributed by atoms with Crippen LogP contribution in [-0.4, -0.2) is 4.57 Å². The van der Waals surface area contributed by atoms with Crippen LogP contribution in [0.2, 0.25) is 0 Å². The second kappa shape index (κ2) is 9.10. The summed E-state index contributed by atoms with van der Waals surface area (Å²) in [5.74, 6) is 0.477. The molecule has 1 heterocycles. The van der Waals surface area contributed by atoms with Crippen LogP contribution in [0.3, 0.4) is 0 Å². The highest BCUT2D eigenvalue weighted by Crippen LogP contribution is 2.41. The Hall–Kier alpha value is -4.88. The summed E-state index contributed by atoms with van der Waals surface area (Å²) in [6.07, 6.45) is 9.92. The average molecular weight is 512 g/mol. The van der Waals surface area contributed by atoms with Gasteiger partial charge in [-0.3, -0.25) is 0 Å². The Bertz CT molecular complexity index is 2040. The molecule has 1 unspecified atom stereocenters. The summed E-state index contributed by atoms with van der Waals surface area (Å²) >= 11 is 0. The third kappa shape index (κ3) is 3.55. The maximum absolute atomic E-state index is 2.45. The van der Waals surface area contributed by atoms with Crippen molar-refractivity contribution in [3.63, 3.8) is 0 Å². The van der Waals surface area contributed by atoms with E-state index in [1.807, 2.05) is 0 Å². The lowest BCUT2D eigenvalue weighted by molar-refractivity contribution is 0.854. The second-order valence-corrected chi connectivity index (χ2v) is 11.0. The molecule has 0 aliphatic heterocycles. The van der Waals surface area contributed by atoms with Gasteiger partial charge in [0, 0.05) is 22.4 Å². The Morgan fingerprint density at radius 3 is 1.88 bits per heavy atom. The molecule has 1 aliphatic carbocycles. The Labute approximate surface area is 234 Å². The molecule has 1 aliphatic rings. The fraction of sp³-hybridized carbons (Fsp3) is 0.0769. The van der Waals surface area contributed by atoms with Crippen LogP contribution < -0.4 is 0 Å². The van der Waals surface area contributed by atoms with Crippen molar-refractivity contribution < 1.29 is 0 Å². The molecule has 1 atom stereocenters. The highest BCUT2D eigenvalue weighted by atomic mass is 15.0. The van der Waals surface area contributed by atoms with Gasteiger partial charge in [0.15, 0.2) is 0 Å². The van der Waals surface area contributed by atoms with Gasteiger partial charge >= 0.3 is 0 Å². The molecule has 0 radical (unpaired) electrons. The van der Waals surface area contributed by atoms with Crippen molar-refractivity contribution in [3.05, 3.63) is 151 Å². The number of rotatable bonds is 3. The predicted octanol–water partition coefficient (Wildman–Crippen LogP) is 10.7. The average Bonchev–Trinajstić information content (AvgIpc) is 3.37. The van der Waals surface area contributed by atoms with Gasteiger partial charge in [0.2, 0.25) is 0 Å². The Kier molecular flexibility index (Phi) is 5.24. The largest absolute Gasteiger partial charge is 0.309 e. The molecule has 0 bridgehead atoms. The van der Waals surface area contributed by atoms with Crippen molar-refractivity contribution >= 4 is 43.4 Å². The topological polar surface area (TPSA) is 4.93 Å². The summed E-state index contributed by atoms with van der Waals surface area (Å²) in [6, 6.07) is 42.7. The molecule has 8 rings (SSSR count). The van der Waals surface area contributed by atoms with Crippen LogP contribution in [0.4, 0.5) is 0 Å². The minimum absolute atomic E-state index is 0.477. The van der Waals surface area contributed by atoms with Gasteiger partial charge in [-0.15, -0.1) is 0 Å². The summed E-state index contributed by atoms with van der Waals surface area (Å²) in [4.78, 5) is 0. The summed E-state index contributed by atoms with van der Waals surface area (Å²) in [7, 11) is 0. The summed E-state index contributed by atoms with van der Waals surface area (Å²) < 4.78 is 2.45. The molecule has 6 aromatic carbocycles. The quantitative estimate of drug-likeness (QED) is 0.222. The van der Waals surface area contributed by atoms with Crippen LogP contribution in [0.15, 0.2) is 140 Å². The van der Waals surface area contributed by atoms with E-state index in [-0.39, 0.29) is 0 Å². The number of nitrogens with zero attached hydrogens (tertiary/aromatic N) is 1. The smallest absolute Gasteiger partial charge is 0.0547 e. The fourth-order valence-electron chi connectivity index (χ4n) is 6.67. The van der Waals surface area contributed by atoms with Crippen molar-refractivity contribution in [1.82, 2.24) is 4.57 Å². The maximum Gasteiger partial charge on any atom is 0.0547 e. The molecule has 190 valence electrons. The molecule has 0 saturated carbocycles. The standard InChI is InChI=1S/C39H29N/c1-26-25-32(21-22-33(26)31-17-15-28(16-18-31)27-9-3-2-4-10-27)40-36-23-19-29-11-5-7-13-34(29)38(36)39-35-14-8-6-12-30(35)20-24-37(39)40/h2-9,11-25,27H,10H2,1H3. The van der Waals surface area contributed by atoms with E-state index in [1.54, 1.807) is 0 Å². The number of allylic oxidation sites excluding steroid dienone is 4. The summed E-state index contributed by atoms with van der Waals surface area (Å²) in [5.41, 5.74) is 8.90. The van der Waals surface area contributed by atoms with Crippen molar-refractivity contribution in [1.29, 1.82) is 0 Å². The van der Waals surface area contributed by atoms with E-state index >= 15 is 0 Å². The minimum atomic E-state index is 0.477. The van der Waals surface area contributed by atoms with E-state index in [9.17, 15) is 0 Å². The zero-order chi connectivity index (χ0) is 26.6. The highest BCUT2D eigenvalue weighted by Gasteiger charge is 2.18. The molecule has 40 heavy (non-hydrogen) atoms. The Morgan fingerprint density at radius 2 is 1.27 bits per heavy atom. The number of fused-ring (bicyclic) bond motifs is 7. The molecule has 0 saturated heterocycles. The Balaban J connectivity index is 1.31. The molecule has 7 aromatic rings. The van der Waals surface area contributed by atoms with Gasteiger partial charge in [0.25, 0.3) is 0 Å². The van der Waals surface area contributed by atoms with E-state index in [0.717, 1.165) is 6.42 Å². The van der Waals surface area contributed by atoms with Crippen molar-refractivity contribution in [2.45, 2.75) is 19.3 Å². The van der Waals surface area contributed by atoms with Crippen LogP contribution in [0.25, 0.3) is 60.2 Å². The monoisotopic (exact) mass is 511 g/mol. The molecule has 0 fully saturated rings. The molecule has 0 spiro atoms. The molecular weight excluding hydrogens is 482 g/mol. The van der Waals surface area contributed by atoms with Gasteiger partial charge in [-0.2, -0.15) is 0 Å². The zero-order valence-corrected chi connectivity index (χ0v) is 22.5. The van der Waals surface area contributed by atoms with Crippen LogP contribution in [0.1, 0.15) is 23.5 Å². The molecule has 1 heteroatoms. The van der Waals surface area contributed by atoms with Gasteiger partial charge in [-0.25, -0.2) is 0 Å². The lowest BCUT2D eigenvalue weighted by Gasteiger charge is -2.15. The molecule has 0 N–H and O–H groups in total. The second-order valence-electron chi connectivity index (χ2n) is 11.0. The normalized spacial score (nSPS) is 15.1. The minimum Gasteiger partial charge on any atom is -0.309 e. The zero-order valence-electron chi connectivity index (χ0n) is 22.5. The van der Waals surface area contributed by atoms with Crippen molar-refractivity contribution in [2.75, 3.05) is 0 Å². The number of aromatic nitrogens is 1. The maximum atomic E-state index is 2.45. The predicted molar refractivity (Wildman–Crippen MR) is 172 cm³/mol. The highest BCUT2D eigenvalue weighted by molar-refractivity contribution is 6.28. The molecule has 1 nitrogen and oxygen atoms in total. The van der Waals surface area contributed by atoms with E-state index in [1.165, 1.54) is 71.3 Å². The summed E-state index contributed by atoms with van der Waals surface area (Å²) in [5, 5.41) is 7.81. The number of hydrogen-bond acceptors (Lipinski definition) is 0. The summed E-state index contributed by atoms with van der Waals surface area (Å²) in [6.45, 7) is 2.24. The molecule has 0 amide bonds. The van der Waals surface area contributed by atoms with Gasteiger partial charge < -0.3 is 4.57 Å². The number of benzene rings is 6. The van der Waals surface area contributed by atoms with E-state index in [0.29, 0.717) is 5.92 Å². The molecular formula is C39H29N. The third-order valence-corrected chi connectivity index (χ3v) is 8.64. The first-order chi connectivity index (χ1) is 19.8. The van der Waals surface area contributed by atoms with Crippen molar-refractivity contribution in [3.8, 4) is 16.8 Å². The Morgan fingerprint density at radius 1 is 0.625 bits per heavy atom. The number of hydrogen-bond donors (Lipinski definition) is 0. The first-order valence-corrected chi connectivity index (χ1v) is 14.1. The first kappa shape index (κ1) is 23.0. The first-order valence-electron chi connectivity index (χ1n) is 14.1. The lowest BCUT2D eigenvalue weighted by Crippen LogP contribution is -1.97. The fourth-order valence-corrected chi connectivity index (χ4v) is 6.67. The van der Waals surface area contributed by atoms with Crippen LogP contribution in [-0.2, 0) is 0 Å². The van der Waals surface area contributed by atoms with Crippen LogP contribution >= 0.6 is 0 Å². The van der Waals surface area contributed by atoms with E-state index < -0.39 is 0 Å². The lowest BCUT2D eigenvalue weighted by atomic mass is 9.90. The van der Waals surface area contributed by atoms with Gasteiger partial charge in [0.1, 0.15) is 0 Å². The third-order valence-electron chi connectivity index (χ3n) is 8.64. The van der Waals surface area contributed by atoms with E-state index in [2.05, 4.69) is 151 Å². The SMILES string of the molecule is Cc1cc(-n2c3ccc4ccccc4c3c3c4ccccc4ccc32)ccc1-c1ccc(C2C=CC=CC2)cc1. The van der Waals surface area contributed by atoms with Gasteiger partial charge in [-0.1, -0.05) is 115 Å². The van der Waals surface area contributed by atoms with Gasteiger partial charge in [-0.05, 0) is 81.4 Å². The molecule has 1 aromatic heterocycles. The number of aryl methyl sites for hydroxylation is 1. The van der Waals surface area contributed by atoms with Crippen molar-refractivity contribution in [2.24, 2.45) is 0 Å². The van der Waals surface area contributed by atoms with E-state index in [4.69, 9.17) is 0 Å². The van der Waals surface area contributed by atoms with Crippen LogP contribution in [0, 0.1) is 6.92 Å².